The van der Waals surface area contributed by atoms with Crippen molar-refractivity contribution in [2.45, 2.75) is 50.7 Å². The summed E-state index contributed by atoms with van der Waals surface area (Å²) in [6, 6.07) is 10.7. The summed E-state index contributed by atoms with van der Waals surface area (Å²) in [5.74, 6) is 1.49. The number of nitrogens with one attached hydrogen (secondary N) is 2. The summed E-state index contributed by atoms with van der Waals surface area (Å²) in [5, 5.41) is 11.4. The highest BCUT2D eigenvalue weighted by Gasteiger charge is 2.22. The van der Waals surface area contributed by atoms with Crippen LogP contribution in [0.15, 0.2) is 41.5 Å². The summed E-state index contributed by atoms with van der Waals surface area (Å²) in [7, 11) is 3.50. The minimum atomic E-state index is -0.00705. The Hall–Kier alpha value is -3.03. The first kappa shape index (κ1) is 21.2. The molecular weight excluding hydrogens is 392 g/mol. The van der Waals surface area contributed by atoms with E-state index >= 15 is 0 Å². The summed E-state index contributed by atoms with van der Waals surface area (Å²) in [5.41, 5.74) is 2.03. The number of hydrogen-bond donors (Lipinski definition) is 2. The molecule has 1 aromatic carbocycles. The van der Waals surface area contributed by atoms with Crippen molar-refractivity contribution in [3.63, 3.8) is 0 Å². The second-order valence-corrected chi connectivity index (χ2v) is 8.40. The SMILES string of the molecule is CN(C)C(=O)CNC(=NCc1ccn(C2CCCC2)n1)NC1CCOc2ccccc21. The fraction of sp³-hybridized carbons (Fsp3) is 0.522. The van der Waals surface area contributed by atoms with Gasteiger partial charge in [0.2, 0.25) is 5.91 Å². The molecule has 0 bridgehead atoms. The third kappa shape index (κ3) is 5.37. The Morgan fingerprint density at radius 2 is 2.03 bits per heavy atom. The lowest BCUT2D eigenvalue weighted by Gasteiger charge is -2.28. The maximum Gasteiger partial charge on any atom is 0.241 e. The maximum atomic E-state index is 12.1. The molecule has 1 fully saturated rings. The van der Waals surface area contributed by atoms with E-state index in [2.05, 4.69) is 27.6 Å². The second-order valence-electron chi connectivity index (χ2n) is 8.40. The molecule has 4 rings (SSSR count). The largest absolute Gasteiger partial charge is 0.493 e. The molecule has 2 heterocycles. The average Bonchev–Trinajstić information content (AvgIpc) is 3.47. The maximum absolute atomic E-state index is 12.1. The van der Waals surface area contributed by atoms with Crippen molar-refractivity contribution in [1.29, 1.82) is 0 Å². The van der Waals surface area contributed by atoms with E-state index in [9.17, 15) is 4.79 Å². The molecule has 0 radical (unpaired) electrons. The highest BCUT2D eigenvalue weighted by Crippen LogP contribution is 2.31. The molecule has 8 heteroatoms. The normalized spacial score (nSPS) is 18.9. The van der Waals surface area contributed by atoms with Crippen LogP contribution in [-0.4, -0.2) is 53.8 Å². The molecule has 31 heavy (non-hydrogen) atoms. The quantitative estimate of drug-likeness (QED) is 0.550. The van der Waals surface area contributed by atoms with Gasteiger partial charge < -0.3 is 20.3 Å². The number of amides is 1. The van der Waals surface area contributed by atoms with Crippen molar-refractivity contribution in [3.05, 3.63) is 47.8 Å². The van der Waals surface area contributed by atoms with Crippen LogP contribution in [0.2, 0.25) is 0 Å². The van der Waals surface area contributed by atoms with Crippen molar-refractivity contribution < 1.29 is 9.53 Å². The molecule has 0 spiro atoms. The number of aliphatic imine (C=N–C) groups is 1. The number of rotatable bonds is 6. The summed E-state index contributed by atoms with van der Waals surface area (Å²) < 4.78 is 7.86. The minimum Gasteiger partial charge on any atom is -0.493 e. The fourth-order valence-electron chi connectivity index (χ4n) is 4.12. The summed E-state index contributed by atoms with van der Waals surface area (Å²) in [6.45, 7) is 1.28. The van der Waals surface area contributed by atoms with Crippen LogP contribution < -0.4 is 15.4 Å². The highest BCUT2D eigenvalue weighted by molar-refractivity contribution is 5.86. The second kappa shape index (κ2) is 9.85. The molecule has 1 saturated carbocycles. The van der Waals surface area contributed by atoms with E-state index in [1.54, 1.807) is 19.0 Å². The van der Waals surface area contributed by atoms with Crippen LogP contribution in [0.3, 0.4) is 0 Å². The Labute approximate surface area is 183 Å². The van der Waals surface area contributed by atoms with Crippen LogP contribution in [0.1, 0.15) is 55.4 Å². The predicted molar refractivity (Wildman–Crippen MR) is 120 cm³/mol. The molecule has 1 amide bonds. The summed E-state index contributed by atoms with van der Waals surface area (Å²) in [4.78, 5) is 18.4. The number of hydrogen-bond acceptors (Lipinski definition) is 4. The Kier molecular flexibility index (Phi) is 6.74. The predicted octanol–water partition coefficient (Wildman–Crippen LogP) is 2.65. The number of likely N-dealkylation sites (N-methyl/N-ethyl adjacent to an activating group) is 1. The topological polar surface area (TPSA) is 83.8 Å². The van der Waals surface area contributed by atoms with E-state index in [1.165, 1.54) is 25.7 Å². The fourth-order valence-corrected chi connectivity index (χ4v) is 4.12. The molecule has 1 aliphatic heterocycles. The number of ether oxygens (including phenoxy) is 1. The van der Waals surface area contributed by atoms with Gasteiger partial charge in [0.1, 0.15) is 5.75 Å². The van der Waals surface area contributed by atoms with Gasteiger partial charge >= 0.3 is 0 Å². The third-order valence-electron chi connectivity index (χ3n) is 5.94. The molecule has 2 aromatic rings. The first-order chi connectivity index (χ1) is 15.1. The zero-order chi connectivity index (χ0) is 21.6. The molecule has 1 aliphatic carbocycles. The average molecular weight is 425 g/mol. The van der Waals surface area contributed by atoms with Crippen LogP contribution in [0, 0.1) is 0 Å². The van der Waals surface area contributed by atoms with Gasteiger partial charge in [-0.15, -0.1) is 0 Å². The molecule has 1 unspecified atom stereocenters. The van der Waals surface area contributed by atoms with Crippen molar-refractivity contribution >= 4 is 11.9 Å². The number of nitrogens with zero attached hydrogens (tertiary/aromatic N) is 4. The molecular formula is C23H32N6O2. The van der Waals surface area contributed by atoms with Gasteiger partial charge in [-0.1, -0.05) is 31.0 Å². The summed E-state index contributed by atoms with van der Waals surface area (Å²) in [6.07, 6.45) is 7.86. The van der Waals surface area contributed by atoms with Crippen LogP contribution in [0.4, 0.5) is 0 Å². The van der Waals surface area contributed by atoms with E-state index in [0.29, 0.717) is 25.2 Å². The number of aromatic nitrogens is 2. The zero-order valence-electron chi connectivity index (χ0n) is 18.4. The van der Waals surface area contributed by atoms with Crippen molar-refractivity contribution in [1.82, 2.24) is 25.3 Å². The van der Waals surface area contributed by atoms with Crippen LogP contribution >= 0.6 is 0 Å². The van der Waals surface area contributed by atoms with Gasteiger partial charge in [0.15, 0.2) is 5.96 Å². The van der Waals surface area contributed by atoms with Crippen molar-refractivity contribution in [2.24, 2.45) is 4.99 Å². The number of carbonyl (C=O) groups excluding carboxylic acids is 1. The Bertz CT molecular complexity index is 916. The van der Waals surface area contributed by atoms with Crippen molar-refractivity contribution in [3.8, 4) is 5.75 Å². The van der Waals surface area contributed by atoms with Gasteiger partial charge in [0.05, 0.1) is 37.5 Å². The van der Waals surface area contributed by atoms with Gasteiger partial charge in [0.25, 0.3) is 0 Å². The van der Waals surface area contributed by atoms with E-state index in [4.69, 9.17) is 14.8 Å². The van der Waals surface area contributed by atoms with Crippen LogP contribution in [0.25, 0.3) is 0 Å². The Morgan fingerprint density at radius 1 is 1.23 bits per heavy atom. The van der Waals surface area contributed by atoms with E-state index < -0.39 is 0 Å². The van der Waals surface area contributed by atoms with Gasteiger partial charge in [-0.2, -0.15) is 5.10 Å². The monoisotopic (exact) mass is 424 g/mol. The number of carbonyl (C=O) groups is 1. The van der Waals surface area contributed by atoms with Gasteiger partial charge in [-0.25, -0.2) is 4.99 Å². The minimum absolute atomic E-state index is 0.00705. The lowest BCUT2D eigenvalue weighted by atomic mass is 10.0. The Morgan fingerprint density at radius 3 is 2.84 bits per heavy atom. The van der Waals surface area contributed by atoms with E-state index in [0.717, 1.165) is 23.4 Å². The molecule has 8 nitrogen and oxygen atoms in total. The van der Waals surface area contributed by atoms with Gasteiger partial charge in [-0.3, -0.25) is 9.48 Å². The number of benzene rings is 1. The van der Waals surface area contributed by atoms with Crippen molar-refractivity contribution in [2.75, 3.05) is 27.2 Å². The van der Waals surface area contributed by atoms with Gasteiger partial charge in [0, 0.05) is 32.3 Å². The number of para-hydroxylation sites is 1. The van der Waals surface area contributed by atoms with Gasteiger partial charge in [-0.05, 0) is 25.0 Å². The smallest absolute Gasteiger partial charge is 0.241 e. The van der Waals surface area contributed by atoms with Crippen LogP contribution in [-0.2, 0) is 11.3 Å². The lowest BCUT2D eigenvalue weighted by molar-refractivity contribution is -0.127. The third-order valence-corrected chi connectivity index (χ3v) is 5.94. The molecule has 2 N–H and O–H groups in total. The molecule has 166 valence electrons. The summed E-state index contributed by atoms with van der Waals surface area (Å²) >= 11 is 0. The molecule has 0 saturated heterocycles. The molecule has 1 aromatic heterocycles. The Balaban J connectivity index is 1.47. The standard InChI is InChI=1S/C23H32N6O2/c1-28(2)22(30)16-25-23(26-20-12-14-31-21-10-6-5-9-19(20)21)24-15-17-11-13-29(27-17)18-7-3-4-8-18/h5-6,9-11,13,18,20H,3-4,7-8,12,14-16H2,1-2H3,(H2,24,25,26). The number of fused-ring (bicyclic) bond motifs is 1. The number of guanidine groups is 1. The first-order valence-corrected chi connectivity index (χ1v) is 11.1. The lowest BCUT2D eigenvalue weighted by Crippen LogP contribution is -2.45. The van der Waals surface area contributed by atoms with Crippen LogP contribution in [0.5, 0.6) is 5.75 Å². The van der Waals surface area contributed by atoms with E-state index in [-0.39, 0.29) is 18.5 Å². The first-order valence-electron chi connectivity index (χ1n) is 11.1. The highest BCUT2D eigenvalue weighted by atomic mass is 16.5. The van der Waals surface area contributed by atoms with E-state index in [1.807, 2.05) is 24.3 Å². The molecule has 2 aliphatic rings. The zero-order valence-corrected chi connectivity index (χ0v) is 18.4. The molecule has 1 atom stereocenters.